The van der Waals surface area contributed by atoms with E-state index >= 15 is 0 Å². The molecule has 1 aliphatic heterocycles. The predicted octanol–water partition coefficient (Wildman–Crippen LogP) is 2.42. The Morgan fingerprint density at radius 3 is 2.72 bits per heavy atom. The Hall–Kier alpha value is -3.26. The first kappa shape index (κ1) is 15.3. The van der Waals surface area contributed by atoms with Crippen LogP contribution in [0, 0.1) is 5.82 Å². The summed E-state index contributed by atoms with van der Waals surface area (Å²) < 4.78 is 15.0. The molecule has 0 atom stereocenters. The van der Waals surface area contributed by atoms with E-state index in [-0.39, 0.29) is 5.82 Å². The standard InChI is InChI=1S/C17H15FN6O/c18-13-3-1-11(2-4-13)17-14(12-5-7-20-15(19)9-12)10-24(22-17)16-6-8-25-23-21-16/h1-5,7,9-10,23H,6,8H2,(H2,19,20). The van der Waals surface area contributed by atoms with Crippen LogP contribution in [0.3, 0.4) is 0 Å². The Kier molecular flexibility index (Phi) is 3.87. The van der Waals surface area contributed by atoms with Crippen LogP contribution in [0.4, 0.5) is 10.2 Å². The highest BCUT2D eigenvalue weighted by atomic mass is 19.1. The fourth-order valence-electron chi connectivity index (χ4n) is 2.65. The number of hydrogen-bond acceptors (Lipinski definition) is 6. The minimum absolute atomic E-state index is 0.295. The van der Waals surface area contributed by atoms with Crippen LogP contribution in [0.15, 0.2) is 53.9 Å². The molecule has 0 aliphatic carbocycles. The van der Waals surface area contributed by atoms with E-state index in [9.17, 15) is 4.39 Å². The number of halogens is 1. The number of benzene rings is 1. The van der Waals surface area contributed by atoms with Gasteiger partial charge in [0.2, 0.25) is 0 Å². The highest BCUT2D eigenvalue weighted by Crippen LogP contribution is 2.31. The highest BCUT2D eigenvalue weighted by molar-refractivity contribution is 5.88. The molecule has 0 saturated carbocycles. The molecule has 1 aliphatic rings. The van der Waals surface area contributed by atoms with E-state index in [1.54, 1.807) is 29.1 Å². The average molecular weight is 338 g/mol. The van der Waals surface area contributed by atoms with Crippen LogP contribution >= 0.6 is 0 Å². The number of nitrogens with one attached hydrogen (secondary N) is 1. The number of aromatic nitrogens is 3. The molecule has 25 heavy (non-hydrogen) atoms. The lowest BCUT2D eigenvalue weighted by molar-refractivity contribution is 0.0375. The molecule has 0 radical (unpaired) electrons. The molecular weight excluding hydrogens is 323 g/mol. The minimum Gasteiger partial charge on any atom is -0.384 e. The van der Waals surface area contributed by atoms with Gasteiger partial charge in [-0.05, 0) is 42.0 Å². The number of hydrazone groups is 1. The normalized spacial score (nSPS) is 14.0. The van der Waals surface area contributed by atoms with Crippen molar-refractivity contribution in [3.8, 4) is 22.4 Å². The lowest BCUT2D eigenvalue weighted by Gasteiger charge is -2.12. The molecule has 3 aromatic rings. The monoisotopic (exact) mass is 338 g/mol. The molecule has 0 amide bonds. The predicted molar refractivity (Wildman–Crippen MR) is 91.8 cm³/mol. The van der Waals surface area contributed by atoms with Gasteiger partial charge in [0, 0.05) is 29.9 Å². The van der Waals surface area contributed by atoms with E-state index in [2.05, 4.69) is 20.8 Å². The summed E-state index contributed by atoms with van der Waals surface area (Å²) in [4.78, 5) is 9.04. The van der Waals surface area contributed by atoms with Gasteiger partial charge in [-0.25, -0.2) is 14.1 Å². The maximum absolute atomic E-state index is 13.3. The van der Waals surface area contributed by atoms with Crippen molar-refractivity contribution >= 4 is 11.7 Å². The SMILES string of the molecule is Nc1cc(-c2cn(C3=NNOCC3)nc2-c2ccc(F)cc2)ccn1. The molecule has 0 fully saturated rings. The third-order valence-corrected chi connectivity index (χ3v) is 3.86. The number of rotatable bonds is 2. The van der Waals surface area contributed by atoms with E-state index in [1.807, 2.05) is 12.3 Å². The Morgan fingerprint density at radius 1 is 1.16 bits per heavy atom. The zero-order valence-corrected chi connectivity index (χ0v) is 13.2. The zero-order valence-electron chi connectivity index (χ0n) is 13.2. The van der Waals surface area contributed by atoms with Gasteiger partial charge >= 0.3 is 0 Å². The zero-order chi connectivity index (χ0) is 17.2. The third kappa shape index (κ3) is 3.07. The summed E-state index contributed by atoms with van der Waals surface area (Å²) in [6.07, 6.45) is 4.14. The van der Waals surface area contributed by atoms with Crippen molar-refractivity contribution in [1.29, 1.82) is 0 Å². The number of nitrogens with zero attached hydrogens (tertiary/aromatic N) is 4. The number of pyridine rings is 1. The van der Waals surface area contributed by atoms with Crippen LogP contribution in [-0.4, -0.2) is 27.2 Å². The molecule has 4 rings (SSSR count). The second-order valence-electron chi connectivity index (χ2n) is 5.53. The molecule has 3 heterocycles. The van der Waals surface area contributed by atoms with Crippen molar-refractivity contribution in [3.05, 3.63) is 54.6 Å². The van der Waals surface area contributed by atoms with E-state index in [0.29, 0.717) is 24.5 Å². The second-order valence-corrected chi connectivity index (χ2v) is 5.53. The second kappa shape index (κ2) is 6.33. The van der Waals surface area contributed by atoms with Crippen LogP contribution in [0.5, 0.6) is 0 Å². The van der Waals surface area contributed by atoms with Crippen molar-refractivity contribution < 1.29 is 9.23 Å². The lowest BCUT2D eigenvalue weighted by atomic mass is 10.0. The van der Waals surface area contributed by atoms with Crippen LogP contribution in [0.2, 0.25) is 0 Å². The van der Waals surface area contributed by atoms with Crippen LogP contribution in [0.1, 0.15) is 6.42 Å². The van der Waals surface area contributed by atoms with E-state index in [0.717, 1.165) is 22.5 Å². The van der Waals surface area contributed by atoms with Crippen molar-refractivity contribution in [2.75, 3.05) is 12.3 Å². The summed E-state index contributed by atoms with van der Waals surface area (Å²) in [6.45, 7) is 0.502. The van der Waals surface area contributed by atoms with E-state index in [4.69, 9.17) is 10.6 Å². The number of nitrogen functional groups attached to an aromatic ring is 1. The largest absolute Gasteiger partial charge is 0.384 e. The smallest absolute Gasteiger partial charge is 0.154 e. The molecule has 0 saturated heterocycles. The molecule has 126 valence electrons. The lowest BCUT2D eigenvalue weighted by Crippen LogP contribution is -2.26. The van der Waals surface area contributed by atoms with Crippen LogP contribution in [-0.2, 0) is 4.84 Å². The number of hydrogen-bond donors (Lipinski definition) is 2. The summed E-state index contributed by atoms with van der Waals surface area (Å²) in [5.41, 5.74) is 11.6. The van der Waals surface area contributed by atoms with Gasteiger partial charge in [0.25, 0.3) is 0 Å². The maximum atomic E-state index is 13.3. The van der Waals surface area contributed by atoms with Gasteiger partial charge in [-0.15, -0.1) is 5.10 Å². The fraction of sp³-hybridized carbons (Fsp3) is 0.118. The first-order chi connectivity index (χ1) is 12.2. The number of anilines is 1. The minimum atomic E-state index is -0.295. The molecule has 7 nitrogen and oxygen atoms in total. The molecule has 0 spiro atoms. The van der Waals surface area contributed by atoms with Crippen LogP contribution in [0.25, 0.3) is 22.4 Å². The van der Waals surface area contributed by atoms with Crippen molar-refractivity contribution in [2.24, 2.45) is 5.10 Å². The Balaban J connectivity index is 1.86. The first-order valence-electron chi connectivity index (χ1n) is 7.72. The average Bonchev–Trinajstić information content (AvgIpc) is 3.08. The fourth-order valence-corrected chi connectivity index (χ4v) is 2.65. The van der Waals surface area contributed by atoms with Gasteiger partial charge in [0.15, 0.2) is 5.84 Å². The summed E-state index contributed by atoms with van der Waals surface area (Å²) in [5, 5.41) is 8.77. The molecular formula is C17H15FN6O. The Labute approximate surface area is 142 Å². The van der Waals surface area contributed by atoms with Crippen molar-refractivity contribution in [2.45, 2.75) is 6.42 Å². The molecule has 0 bridgehead atoms. The van der Waals surface area contributed by atoms with Gasteiger partial charge in [0.1, 0.15) is 17.3 Å². The van der Waals surface area contributed by atoms with Crippen molar-refractivity contribution in [3.63, 3.8) is 0 Å². The molecule has 3 N–H and O–H groups in total. The maximum Gasteiger partial charge on any atom is 0.154 e. The summed E-state index contributed by atoms with van der Waals surface area (Å²) in [5.74, 6) is 0.846. The third-order valence-electron chi connectivity index (χ3n) is 3.86. The van der Waals surface area contributed by atoms with Gasteiger partial charge in [-0.2, -0.15) is 10.7 Å². The summed E-state index contributed by atoms with van der Waals surface area (Å²) in [6, 6.07) is 9.84. The Bertz CT molecular complexity index is 935. The van der Waals surface area contributed by atoms with E-state index in [1.165, 1.54) is 12.1 Å². The summed E-state index contributed by atoms with van der Waals surface area (Å²) in [7, 11) is 0. The van der Waals surface area contributed by atoms with Gasteiger partial charge in [-0.3, -0.25) is 4.84 Å². The van der Waals surface area contributed by atoms with Crippen LogP contribution < -0.4 is 11.3 Å². The highest BCUT2D eigenvalue weighted by Gasteiger charge is 2.17. The molecule has 8 heteroatoms. The number of nitrogens with two attached hydrogens (primary N) is 1. The first-order valence-corrected chi connectivity index (χ1v) is 7.72. The molecule has 1 aromatic carbocycles. The van der Waals surface area contributed by atoms with E-state index < -0.39 is 0 Å². The van der Waals surface area contributed by atoms with Gasteiger partial charge < -0.3 is 5.73 Å². The van der Waals surface area contributed by atoms with Crippen molar-refractivity contribution in [1.82, 2.24) is 20.4 Å². The summed E-state index contributed by atoms with van der Waals surface area (Å²) >= 11 is 0. The van der Waals surface area contributed by atoms with Gasteiger partial charge in [0.05, 0.1) is 6.61 Å². The molecule has 2 aromatic heterocycles. The van der Waals surface area contributed by atoms with Gasteiger partial charge in [-0.1, -0.05) is 0 Å². The Morgan fingerprint density at radius 2 is 2.00 bits per heavy atom. The topological polar surface area (TPSA) is 90.4 Å². The molecule has 0 unspecified atom stereocenters. The quantitative estimate of drug-likeness (QED) is 0.749.